The normalized spacial score (nSPS) is 11.1. The van der Waals surface area contributed by atoms with Gasteiger partial charge in [0.2, 0.25) is 5.88 Å². The first-order chi connectivity index (χ1) is 8.59. The third-order valence-corrected chi connectivity index (χ3v) is 2.04. The molecular formula is C13H18N2O3. The summed E-state index contributed by atoms with van der Waals surface area (Å²) in [7, 11) is 0. The molecule has 2 N–H and O–H groups in total. The molecule has 0 saturated heterocycles. The van der Waals surface area contributed by atoms with Crippen LogP contribution in [0.15, 0.2) is 30.5 Å². The van der Waals surface area contributed by atoms with Crippen LogP contribution in [0.1, 0.15) is 19.4 Å². The Balaban J connectivity index is 2.48. The summed E-state index contributed by atoms with van der Waals surface area (Å²) in [5.41, 5.74) is 0.954. The van der Waals surface area contributed by atoms with Gasteiger partial charge >= 0.3 is 5.97 Å². The Bertz CT molecular complexity index is 416. The lowest BCUT2D eigenvalue weighted by molar-refractivity contribution is -0.131. The van der Waals surface area contributed by atoms with Gasteiger partial charge in [-0.05, 0) is 19.9 Å². The van der Waals surface area contributed by atoms with Crippen LogP contribution in [0, 0.1) is 0 Å². The molecule has 1 aromatic heterocycles. The summed E-state index contributed by atoms with van der Waals surface area (Å²) in [6.07, 6.45) is 4.43. The minimum atomic E-state index is -0.943. The fourth-order valence-corrected chi connectivity index (χ4v) is 1.34. The third kappa shape index (κ3) is 5.45. The summed E-state index contributed by atoms with van der Waals surface area (Å²) in [5.74, 6) is -0.329. The number of aromatic nitrogens is 1. The Labute approximate surface area is 107 Å². The average Bonchev–Trinajstić information content (AvgIpc) is 2.29. The smallest absolute Gasteiger partial charge is 0.328 e. The molecule has 0 spiro atoms. The summed E-state index contributed by atoms with van der Waals surface area (Å²) in [6.45, 7) is 4.96. The van der Waals surface area contributed by atoms with E-state index in [9.17, 15) is 4.79 Å². The van der Waals surface area contributed by atoms with Gasteiger partial charge in [-0.1, -0.05) is 12.1 Å². The average molecular weight is 250 g/mol. The number of ether oxygens (including phenoxy) is 1. The van der Waals surface area contributed by atoms with Gasteiger partial charge in [0.15, 0.2) is 0 Å². The van der Waals surface area contributed by atoms with Crippen molar-refractivity contribution in [1.82, 2.24) is 10.3 Å². The number of carbonyl (C=O) groups is 1. The molecular weight excluding hydrogens is 232 g/mol. The second-order valence-electron chi connectivity index (χ2n) is 4.01. The van der Waals surface area contributed by atoms with Gasteiger partial charge in [0.05, 0.1) is 6.10 Å². The van der Waals surface area contributed by atoms with Crippen molar-refractivity contribution < 1.29 is 14.6 Å². The van der Waals surface area contributed by atoms with Gasteiger partial charge in [0, 0.05) is 30.9 Å². The van der Waals surface area contributed by atoms with E-state index in [0.717, 1.165) is 11.6 Å². The lowest BCUT2D eigenvalue weighted by Gasteiger charge is -2.12. The monoisotopic (exact) mass is 250 g/mol. The Morgan fingerprint density at radius 1 is 1.61 bits per heavy atom. The summed E-state index contributed by atoms with van der Waals surface area (Å²) in [5, 5.41) is 11.5. The fourth-order valence-electron chi connectivity index (χ4n) is 1.34. The minimum Gasteiger partial charge on any atom is -0.478 e. The van der Waals surface area contributed by atoms with E-state index < -0.39 is 5.97 Å². The van der Waals surface area contributed by atoms with Crippen molar-refractivity contribution in [2.75, 3.05) is 6.54 Å². The van der Waals surface area contributed by atoms with Crippen LogP contribution in [0.3, 0.4) is 0 Å². The van der Waals surface area contributed by atoms with E-state index >= 15 is 0 Å². The number of aliphatic carboxylic acids is 1. The molecule has 1 aromatic rings. The summed E-state index contributed by atoms with van der Waals surface area (Å²) in [4.78, 5) is 14.4. The molecule has 1 rings (SSSR count). The second-order valence-corrected chi connectivity index (χ2v) is 4.01. The van der Waals surface area contributed by atoms with Gasteiger partial charge in [-0.2, -0.15) is 0 Å². The molecule has 98 valence electrons. The number of pyridine rings is 1. The molecule has 0 radical (unpaired) electrons. The largest absolute Gasteiger partial charge is 0.478 e. The van der Waals surface area contributed by atoms with E-state index in [0.29, 0.717) is 19.0 Å². The Morgan fingerprint density at radius 3 is 3.06 bits per heavy atom. The quantitative estimate of drug-likeness (QED) is 0.568. The van der Waals surface area contributed by atoms with Crippen molar-refractivity contribution in [3.8, 4) is 5.88 Å². The van der Waals surface area contributed by atoms with Crippen LogP contribution < -0.4 is 10.1 Å². The molecule has 18 heavy (non-hydrogen) atoms. The summed E-state index contributed by atoms with van der Waals surface area (Å²) in [6, 6.07) is 3.77. The van der Waals surface area contributed by atoms with Crippen molar-refractivity contribution in [3.63, 3.8) is 0 Å². The van der Waals surface area contributed by atoms with E-state index in [4.69, 9.17) is 9.84 Å². The summed E-state index contributed by atoms with van der Waals surface area (Å²) < 4.78 is 5.58. The van der Waals surface area contributed by atoms with Gasteiger partial charge in [-0.25, -0.2) is 9.78 Å². The SMILES string of the molecule is CC(C)Oc1ncccc1CNC/C=C/C(=O)O. The first-order valence-electron chi connectivity index (χ1n) is 5.80. The molecule has 0 atom stereocenters. The standard InChI is InChI=1S/C13H18N2O3/c1-10(2)18-13-11(5-3-8-15-13)9-14-7-4-6-12(16)17/h3-6,8,10,14H,7,9H2,1-2H3,(H,16,17)/b6-4+. The van der Waals surface area contributed by atoms with Crippen LogP contribution in [-0.2, 0) is 11.3 Å². The molecule has 0 aromatic carbocycles. The molecule has 0 aliphatic carbocycles. The lowest BCUT2D eigenvalue weighted by atomic mass is 10.2. The maximum Gasteiger partial charge on any atom is 0.328 e. The van der Waals surface area contributed by atoms with Gasteiger partial charge in [0.25, 0.3) is 0 Å². The predicted octanol–water partition coefficient (Wildman–Crippen LogP) is 1.60. The van der Waals surface area contributed by atoms with Crippen molar-refractivity contribution >= 4 is 5.97 Å². The van der Waals surface area contributed by atoms with E-state index in [1.807, 2.05) is 26.0 Å². The first-order valence-corrected chi connectivity index (χ1v) is 5.80. The maximum atomic E-state index is 10.3. The first kappa shape index (κ1) is 14.2. The van der Waals surface area contributed by atoms with Crippen molar-refractivity contribution in [2.24, 2.45) is 0 Å². The topological polar surface area (TPSA) is 71.5 Å². The van der Waals surface area contributed by atoms with Gasteiger partial charge in [-0.3, -0.25) is 0 Å². The fraction of sp³-hybridized carbons (Fsp3) is 0.385. The van der Waals surface area contributed by atoms with Crippen LogP contribution >= 0.6 is 0 Å². The Morgan fingerprint density at radius 2 is 2.39 bits per heavy atom. The van der Waals surface area contributed by atoms with Crippen LogP contribution in [-0.4, -0.2) is 28.7 Å². The molecule has 0 aliphatic heterocycles. The highest BCUT2D eigenvalue weighted by Gasteiger charge is 2.05. The highest BCUT2D eigenvalue weighted by atomic mass is 16.5. The number of carboxylic acids is 1. The number of hydrogen-bond donors (Lipinski definition) is 2. The lowest BCUT2D eigenvalue weighted by Crippen LogP contribution is -2.16. The second kappa shape index (κ2) is 7.45. The van der Waals surface area contributed by atoms with Crippen LogP contribution in [0.5, 0.6) is 5.88 Å². The Kier molecular flexibility index (Phi) is 5.87. The minimum absolute atomic E-state index is 0.0746. The molecule has 0 amide bonds. The molecule has 0 saturated carbocycles. The molecule has 0 aliphatic rings. The van der Waals surface area contributed by atoms with Crippen LogP contribution in [0.2, 0.25) is 0 Å². The van der Waals surface area contributed by atoms with Crippen molar-refractivity contribution in [2.45, 2.75) is 26.5 Å². The molecule has 0 unspecified atom stereocenters. The van der Waals surface area contributed by atoms with E-state index in [1.165, 1.54) is 0 Å². The number of nitrogens with zero attached hydrogens (tertiary/aromatic N) is 1. The maximum absolute atomic E-state index is 10.3. The van der Waals surface area contributed by atoms with Crippen LogP contribution in [0.4, 0.5) is 0 Å². The van der Waals surface area contributed by atoms with E-state index in [1.54, 1.807) is 12.3 Å². The zero-order chi connectivity index (χ0) is 13.4. The number of nitrogens with one attached hydrogen (secondary N) is 1. The van der Waals surface area contributed by atoms with E-state index in [-0.39, 0.29) is 6.10 Å². The van der Waals surface area contributed by atoms with Gasteiger partial charge in [0.1, 0.15) is 0 Å². The van der Waals surface area contributed by atoms with Crippen molar-refractivity contribution in [3.05, 3.63) is 36.0 Å². The zero-order valence-electron chi connectivity index (χ0n) is 10.6. The molecule has 0 bridgehead atoms. The molecule has 1 heterocycles. The number of carboxylic acid groups (broad SMARTS) is 1. The van der Waals surface area contributed by atoms with Gasteiger partial charge in [-0.15, -0.1) is 0 Å². The molecule has 5 nitrogen and oxygen atoms in total. The van der Waals surface area contributed by atoms with Crippen molar-refractivity contribution in [1.29, 1.82) is 0 Å². The van der Waals surface area contributed by atoms with Crippen LogP contribution in [0.25, 0.3) is 0 Å². The van der Waals surface area contributed by atoms with E-state index in [2.05, 4.69) is 10.3 Å². The highest BCUT2D eigenvalue weighted by molar-refractivity contribution is 5.79. The Hall–Kier alpha value is -1.88. The number of hydrogen-bond acceptors (Lipinski definition) is 4. The zero-order valence-corrected chi connectivity index (χ0v) is 10.6. The third-order valence-electron chi connectivity index (χ3n) is 2.04. The highest BCUT2D eigenvalue weighted by Crippen LogP contribution is 2.15. The summed E-state index contributed by atoms with van der Waals surface area (Å²) >= 11 is 0. The number of rotatable bonds is 7. The molecule has 5 heteroatoms. The predicted molar refractivity (Wildman–Crippen MR) is 68.5 cm³/mol. The molecule has 0 fully saturated rings. The van der Waals surface area contributed by atoms with Gasteiger partial charge < -0.3 is 15.2 Å².